The van der Waals surface area contributed by atoms with Crippen molar-refractivity contribution in [1.29, 1.82) is 0 Å². The van der Waals surface area contributed by atoms with Gasteiger partial charge in [-0.15, -0.1) is 0 Å². The summed E-state index contributed by atoms with van der Waals surface area (Å²) in [6.45, 7) is 1.55. The molecule has 4 rings (SSSR count). The zero-order valence-electron chi connectivity index (χ0n) is 23.9. The van der Waals surface area contributed by atoms with Gasteiger partial charge in [0.05, 0.1) is 17.7 Å². The van der Waals surface area contributed by atoms with Gasteiger partial charge in [-0.2, -0.15) is 0 Å². The minimum atomic E-state index is -4.15. The molecule has 0 heterocycles. The van der Waals surface area contributed by atoms with Gasteiger partial charge in [-0.25, -0.2) is 8.42 Å². The Labute approximate surface area is 247 Å². The van der Waals surface area contributed by atoms with Gasteiger partial charge in [0.2, 0.25) is 11.8 Å². The molecule has 0 saturated carbocycles. The van der Waals surface area contributed by atoms with Crippen LogP contribution in [0.1, 0.15) is 16.7 Å². The Morgan fingerprint density at radius 1 is 0.833 bits per heavy atom. The molecule has 0 aliphatic rings. The highest BCUT2D eigenvalue weighted by atomic mass is 32.2. The third kappa shape index (κ3) is 7.16. The lowest BCUT2D eigenvalue weighted by Crippen LogP contribution is -2.53. The summed E-state index contributed by atoms with van der Waals surface area (Å²) in [5.41, 5.74) is 2.98. The summed E-state index contributed by atoms with van der Waals surface area (Å²) in [6, 6.07) is 30.6. The van der Waals surface area contributed by atoms with E-state index in [0.29, 0.717) is 11.4 Å². The van der Waals surface area contributed by atoms with Gasteiger partial charge in [0, 0.05) is 20.0 Å². The Morgan fingerprint density at radius 3 is 2.02 bits per heavy atom. The quantitative estimate of drug-likeness (QED) is 0.263. The maximum Gasteiger partial charge on any atom is 0.264 e. The third-order valence-corrected chi connectivity index (χ3v) is 8.88. The lowest BCUT2D eigenvalue weighted by Gasteiger charge is -2.34. The fourth-order valence-corrected chi connectivity index (χ4v) is 6.12. The van der Waals surface area contributed by atoms with E-state index in [4.69, 9.17) is 4.74 Å². The number of nitrogens with zero attached hydrogens (tertiary/aromatic N) is 2. The summed E-state index contributed by atoms with van der Waals surface area (Å²) in [5.74, 6) is -0.313. The van der Waals surface area contributed by atoms with Gasteiger partial charge < -0.3 is 15.0 Å². The minimum absolute atomic E-state index is 0.0474. The molecule has 0 aliphatic carbocycles. The molecule has 0 bridgehead atoms. The molecule has 1 N–H and O–H groups in total. The van der Waals surface area contributed by atoms with Crippen molar-refractivity contribution in [3.8, 4) is 5.75 Å². The number of hydrogen-bond donors (Lipinski definition) is 1. The van der Waals surface area contributed by atoms with Gasteiger partial charge >= 0.3 is 0 Å². The normalized spacial score (nSPS) is 11.8. The Morgan fingerprint density at radius 2 is 1.43 bits per heavy atom. The molecular weight excluding hydrogens is 550 g/mol. The molecule has 0 saturated heterocycles. The lowest BCUT2D eigenvalue weighted by molar-refractivity contribution is -0.139. The first-order chi connectivity index (χ1) is 20.2. The number of anilines is 1. The van der Waals surface area contributed by atoms with Crippen molar-refractivity contribution in [2.45, 2.75) is 30.8 Å². The fourth-order valence-electron chi connectivity index (χ4n) is 4.69. The van der Waals surface area contributed by atoms with Crippen molar-refractivity contribution in [1.82, 2.24) is 10.2 Å². The maximum atomic E-state index is 14.3. The van der Waals surface area contributed by atoms with E-state index in [1.165, 1.54) is 31.2 Å². The van der Waals surface area contributed by atoms with Crippen molar-refractivity contribution < 1.29 is 22.7 Å². The number of carbonyl (C=O) groups excluding carboxylic acids is 2. The first-order valence-corrected chi connectivity index (χ1v) is 15.0. The average molecular weight is 586 g/mol. The average Bonchev–Trinajstić information content (AvgIpc) is 3.02. The second-order valence-corrected chi connectivity index (χ2v) is 11.7. The molecule has 8 nitrogen and oxygen atoms in total. The van der Waals surface area contributed by atoms with Crippen molar-refractivity contribution in [2.75, 3.05) is 25.0 Å². The van der Waals surface area contributed by atoms with E-state index in [-0.39, 0.29) is 23.8 Å². The van der Waals surface area contributed by atoms with Gasteiger partial charge in [0.1, 0.15) is 18.3 Å². The Hall–Kier alpha value is -4.63. The first-order valence-electron chi connectivity index (χ1n) is 13.6. The second kappa shape index (κ2) is 13.8. The van der Waals surface area contributed by atoms with Crippen molar-refractivity contribution >= 4 is 27.5 Å². The van der Waals surface area contributed by atoms with Gasteiger partial charge in [-0.05, 0) is 60.0 Å². The van der Waals surface area contributed by atoms with Crippen LogP contribution in [0.3, 0.4) is 0 Å². The van der Waals surface area contributed by atoms with Crippen LogP contribution in [-0.2, 0) is 32.6 Å². The number of rotatable bonds is 12. The lowest BCUT2D eigenvalue weighted by atomic mass is 10.0. The van der Waals surface area contributed by atoms with E-state index in [9.17, 15) is 18.0 Å². The zero-order valence-corrected chi connectivity index (χ0v) is 24.8. The number of methoxy groups -OCH3 is 1. The Bertz CT molecular complexity index is 1590. The van der Waals surface area contributed by atoms with Crippen molar-refractivity contribution in [3.63, 3.8) is 0 Å². The molecule has 0 fully saturated rings. The number of hydrogen-bond acceptors (Lipinski definition) is 5. The molecule has 4 aromatic carbocycles. The summed E-state index contributed by atoms with van der Waals surface area (Å²) in [5, 5.41) is 2.70. The monoisotopic (exact) mass is 585 g/mol. The first kappa shape index (κ1) is 30.3. The molecule has 0 aliphatic heterocycles. The van der Waals surface area contributed by atoms with Gasteiger partial charge in [0.15, 0.2) is 0 Å². The van der Waals surface area contributed by atoms with Crippen LogP contribution < -0.4 is 14.4 Å². The highest BCUT2D eigenvalue weighted by molar-refractivity contribution is 7.92. The van der Waals surface area contributed by atoms with E-state index < -0.39 is 28.5 Å². The van der Waals surface area contributed by atoms with Crippen molar-refractivity contribution in [2.24, 2.45) is 0 Å². The zero-order chi connectivity index (χ0) is 30.1. The molecule has 218 valence electrons. The Kier molecular flexibility index (Phi) is 9.98. The minimum Gasteiger partial charge on any atom is -0.497 e. The number of likely N-dealkylation sites (N-methyl/N-ethyl adjacent to an activating group) is 1. The van der Waals surface area contributed by atoms with Crippen LogP contribution in [0.15, 0.2) is 114 Å². The fraction of sp³-hybridized carbons (Fsp3) is 0.212. The number of carbonyl (C=O) groups is 2. The van der Waals surface area contributed by atoms with Gasteiger partial charge in [0.25, 0.3) is 10.0 Å². The number of benzene rings is 4. The molecule has 0 unspecified atom stereocenters. The largest absolute Gasteiger partial charge is 0.497 e. The van der Waals surface area contributed by atoms with E-state index in [1.54, 1.807) is 42.5 Å². The molecule has 0 aromatic heterocycles. The second-order valence-electron chi connectivity index (χ2n) is 9.79. The molecule has 0 radical (unpaired) electrons. The standard InChI is InChI=1S/C33H35N3O5S/c1-25-12-10-11-15-27(25)23-35(31(33(38)34-2)22-26-13-6-4-7-14-26)32(37)24-36(28-18-20-29(41-3)21-19-28)42(39,40)30-16-8-5-9-17-30/h4-21,31H,22-24H2,1-3H3,(H,34,38)/t31-/m0/s1. The number of sulfonamides is 1. The summed E-state index contributed by atoms with van der Waals surface area (Å²) in [6.07, 6.45) is 0.256. The van der Waals surface area contributed by atoms with Gasteiger partial charge in [-0.1, -0.05) is 72.8 Å². The number of nitrogens with one attached hydrogen (secondary N) is 1. The summed E-state index contributed by atoms with van der Waals surface area (Å²) < 4.78 is 34.2. The molecule has 4 aromatic rings. The SMILES string of the molecule is CNC(=O)[C@H](Cc1ccccc1)N(Cc1ccccc1C)C(=O)CN(c1ccc(OC)cc1)S(=O)(=O)c1ccccc1. The van der Waals surface area contributed by atoms with E-state index >= 15 is 0 Å². The highest BCUT2D eigenvalue weighted by Crippen LogP contribution is 2.27. The summed E-state index contributed by atoms with van der Waals surface area (Å²) in [4.78, 5) is 29.2. The van der Waals surface area contributed by atoms with E-state index in [1.807, 2.05) is 61.5 Å². The molecule has 42 heavy (non-hydrogen) atoms. The van der Waals surface area contributed by atoms with Crippen LogP contribution in [0.4, 0.5) is 5.69 Å². The van der Waals surface area contributed by atoms with Crippen LogP contribution in [-0.4, -0.2) is 51.9 Å². The summed E-state index contributed by atoms with van der Waals surface area (Å²) >= 11 is 0. The van der Waals surface area contributed by atoms with E-state index in [0.717, 1.165) is 21.0 Å². The molecule has 0 spiro atoms. The highest BCUT2D eigenvalue weighted by Gasteiger charge is 2.34. The van der Waals surface area contributed by atoms with Crippen LogP contribution in [0.25, 0.3) is 0 Å². The van der Waals surface area contributed by atoms with Gasteiger partial charge in [-0.3, -0.25) is 13.9 Å². The van der Waals surface area contributed by atoms with Crippen LogP contribution >= 0.6 is 0 Å². The van der Waals surface area contributed by atoms with Crippen molar-refractivity contribution in [3.05, 3.63) is 126 Å². The number of ether oxygens (including phenoxy) is 1. The van der Waals surface area contributed by atoms with Crippen LogP contribution in [0.2, 0.25) is 0 Å². The predicted molar refractivity (Wildman–Crippen MR) is 164 cm³/mol. The van der Waals surface area contributed by atoms with Crippen LogP contribution in [0.5, 0.6) is 5.75 Å². The smallest absolute Gasteiger partial charge is 0.264 e. The molecule has 9 heteroatoms. The molecule has 1 atom stereocenters. The number of aryl methyl sites for hydroxylation is 1. The topological polar surface area (TPSA) is 96.0 Å². The van der Waals surface area contributed by atoms with E-state index in [2.05, 4.69) is 5.32 Å². The Balaban J connectivity index is 1.79. The third-order valence-electron chi connectivity index (χ3n) is 7.09. The predicted octanol–water partition coefficient (Wildman–Crippen LogP) is 4.59. The van der Waals surface area contributed by atoms with Crippen LogP contribution in [0, 0.1) is 6.92 Å². The molecule has 2 amide bonds. The molecular formula is C33H35N3O5S. The summed E-state index contributed by atoms with van der Waals surface area (Å²) in [7, 11) is -1.10. The maximum absolute atomic E-state index is 14.3. The number of amides is 2.